The molecule has 4 nitrogen and oxygen atoms in total. The summed E-state index contributed by atoms with van der Waals surface area (Å²) in [5.74, 6) is 0.663. The minimum Gasteiger partial charge on any atom is -0.825 e. The van der Waals surface area contributed by atoms with Crippen LogP contribution >= 0.6 is 17.1 Å². The van der Waals surface area contributed by atoms with Crippen molar-refractivity contribution in [3.8, 4) is 0 Å². The van der Waals surface area contributed by atoms with E-state index in [4.69, 9.17) is 0 Å². The summed E-state index contributed by atoms with van der Waals surface area (Å²) < 4.78 is 0. The first-order chi connectivity index (χ1) is 6.06. The molecule has 0 aliphatic rings. The maximum absolute atomic E-state index is 10.6. The Kier molecular flexibility index (Phi) is 18.2. The second kappa shape index (κ2) is 12.9. The van der Waals surface area contributed by atoms with E-state index >= 15 is 0 Å². The Hall–Kier alpha value is 0.840. The van der Waals surface area contributed by atoms with Crippen LogP contribution in [-0.2, 0) is 11.8 Å². The fraction of sp³-hybridized carbons (Fsp3) is 1.00. The van der Waals surface area contributed by atoms with Crippen LogP contribution in [0.5, 0.6) is 0 Å². The maximum atomic E-state index is 10.6. The van der Waals surface area contributed by atoms with E-state index in [1.54, 1.807) is 0 Å². The normalized spacial score (nSPS) is 10.3. The molecule has 0 radical (unpaired) electrons. The molecule has 7 heteroatoms. The SMILES string of the molecule is CCCCCCCCSP([O-])([O-])=S.[NH4+].[NH4+]. The van der Waals surface area contributed by atoms with E-state index < -0.39 is 5.69 Å². The van der Waals surface area contributed by atoms with E-state index in [2.05, 4.69) is 18.7 Å². The quantitative estimate of drug-likeness (QED) is 0.523. The first kappa shape index (κ1) is 21.2. The van der Waals surface area contributed by atoms with Crippen molar-refractivity contribution < 1.29 is 9.79 Å². The molecule has 0 aromatic rings. The maximum Gasteiger partial charge on any atom is -0.00419 e. The number of rotatable bonds is 8. The highest BCUT2D eigenvalue weighted by atomic mass is 32.9. The second-order valence-corrected chi connectivity index (χ2v) is 8.96. The van der Waals surface area contributed by atoms with Gasteiger partial charge in [0, 0.05) is 0 Å². The fourth-order valence-corrected chi connectivity index (χ4v) is 3.34. The second-order valence-electron chi connectivity index (χ2n) is 3.05. The van der Waals surface area contributed by atoms with Crippen molar-refractivity contribution >= 4 is 28.9 Å². The minimum absolute atomic E-state index is 0. The van der Waals surface area contributed by atoms with E-state index in [0.29, 0.717) is 5.75 Å². The molecule has 0 aromatic carbocycles. The summed E-state index contributed by atoms with van der Waals surface area (Å²) in [4.78, 5) is 21.1. The molecule has 0 amide bonds. The Labute approximate surface area is 102 Å². The van der Waals surface area contributed by atoms with Crippen LogP contribution in [0.15, 0.2) is 0 Å². The van der Waals surface area contributed by atoms with Gasteiger partial charge in [-0.2, -0.15) is 17.1 Å². The molecule has 8 N–H and O–H groups in total. The lowest BCUT2D eigenvalue weighted by Crippen LogP contribution is -2.09. The van der Waals surface area contributed by atoms with Gasteiger partial charge in [-0.3, -0.25) is 0 Å². The van der Waals surface area contributed by atoms with Gasteiger partial charge in [0.15, 0.2) is 0 Å². The smallest absolute Gasteiger partial charge is 0.00419 e. The van der Waals surface area contributed by atoms with Crippen LogP contribution in [0.2, 0.25) is 0 Å². The lowest BCUT2D eigenvalue weighted by atomic mass is 10.1. The Bertz CT molecular complexity index is 167. The average Bonchev–Trinajstić information content (AvgIpc) is 2.01. The molecule has 0 atom stereocenters. The van der Waals surface area contributed by atoms with Crippen LogP contribution in [0.4, 0.5) is 0 Å². The summed E-state index contributed by atoms with van der Waals surface area (Å²) in [5, 5.41) is 0. The number of hydrogen-bond donors (Lipinski definition) is 2. The van der Waals surface area contributed by atoms with Gasteiger partial charge in [0.1, 0.15) is 0 Å². The van der Waals surface area contributed by atoms with Crippen LogP contribution in [0.1, 0.15) is 45.4 Å². The molecule has 0 saturated carbocycles. The van der Waals surface area contributed by atoms with Gasteiger partial charge in [-0.25, -0.2) is 0 Å². The molecule has 0 aliphatic carbocycles. The number of quaternary nitrogens is 2. The summed E-state index contributed by atoms with van der Waals surface area (Å²) in [6, 6.07) is 0. The van der Waals surface area contributed by atoms with E-state index in [1.807, 2.05) is 0 Å². The van der Waals surface area contributed by atoms with Gasteiger partial charge in [0.2, 0.25) is 0 Å². The highest BCUT2D eigenvalue weighted by Crippen LogP contribution is 2.42. The van der Waals surface area contributed by atoms with Crippen LogP contribution in [0, 0.1) is 0 Å². The topological polar surface area (TPSA) is 119 Å². The van der Waals surface area contributed by atoms with E-state index in [9.17, 15) is 9.79 Å². The van der Waals surface area contributed by atoms with Crippen molar-refractivity contribution in [1.82, 2.24) is 12.3 Å². The highest BCUT2D eigenvalue weighted by Gasteiger charge is 1.91. The summed E-state index contributed by atoms with van der Waals surface area (Å²) in [5.41, 5.74) is -3.48. The first-order valence-corrected chi connectivity index (χ1v) is 8.95. The zero-order chi connectivity index (χ0) is 10.2. The predicted octanol–water partition coefficient (Wildman–Crippen LogP) is 2.78. The highest BCUT2D eigenvalue weighted by molar-refractivity contribution is 8.66. The Morgan fingerprint density at radius 1 is 1.00 bits per heavy atom. The van der Waals surface area contributed by atoms with Crippen molar-refractivity contribution in [2.75, 3.05) is 5.75 Å². The van der Waals surface area contributed by atoms with Crippen molar-refractivity contribution in [1.29, 1.82) is 0 Å². The Morgan fingerprint density at radius 3 is 1.93 bits per heavy atom. The molecule has 15 heavy (non-hydrogen) atoms. The lowest BCUT2D eigenvalue weighted by molar-refractivity contribution is -0.284. The van der Waals surface area contributed by atoms with Gasteiger partial charge in [-0.1, -0.05) is 39.0 Å². The van der Waals surface area contributed by atoms with Gasteiger partial charge in [0.05, 0.1) is 0 Å². The van der Waals surface area contributed by atoms with Crippen LogP contribution in [0.25, 0.3) is 0 Å². The van der Waals surface area contributed by atoms with Gasteiger partial charge >= 0.3 is 0 Å². The third kappa shape index (κ3) is 20.8. The van der Waals surface area contributed by atoms with E-state index in [-0.39, 0.29) is 12.3 Å². The first-order valence-electron chi connectivity index (χ1n) is 4.73. The molecule has 0 spiro atoms. The van der Waals surface area contributed by atoms with Crippen molar-refractivity contribution in [2.45, 2.75) is 45.4 Å². The van der Waals surface area contributed by atoms with E-state index in [1.165, 1.54) is 25.7 Å². The molecule has 0 rings (SSSR count). The van der Waals surface area contributed by atoms with E-state index in [0.717, 1.165) is 24.2 Å². The zero-order valence-electron chi connectivity index (χ0n) is 10.0. The van der Waals surface area contributed by atoms with Gasteiger partial charge < -0.3 is 22.1 Å². The summed E-state index contributed by atoms with van der Waals surface area (Å²) >= 11 is 5.18. The van der Waals surface area contributed by atoms with Crippen molar-refractivity contribution in [3.05, 3.63) is 0 Å². The molecule has 96 valence electrons. The summed E-state index contributed by atoms with van der Waals surface area (Å²) in [6.45, 7) is 2.18. The number of unbranched alkanes of at least 4 members (excludes halogenated alkanes) is 5. The van der Waals surface area contributed by atoms with Gasteiger partial charge in [0.25, 0.3) is 0 Å². The molecule has 0 saturated heterocycles. The van der Waals surface area contributed by atoms with Crippen molar-refractivity contribution in [3.63, 3.8) is 0 Å². The zero-order valence-corrected chi connectivity index (χ0v) is 12.6. The molecule has 0 aliphatic heterocycles. The van der Waals surface area contributed by atoms with Crippen molar-refractivity contribution in [2.24, 2.45) is 0 Å². The summed E-state index contributed by atoms with van der Waals surface area (Å²) in [7, 11) is 0. The standard InChI is InChI=1S/C8H19O2PS2.2H3N/c1-2-3-4-5-6-7-8-13-11(9,10)12;;/h2-8H2,1H3,(H2,9,10,12);2*1H3. The monoisotopic (exact) mass is 276 g/mol. The van der Waals surface area contributed by atoms with Crippen LogP contribution < -0.4 is 22.1 Å². The predicted molar refractivity (Wildman–Crippen MR) is 72.1 cm³/mol. The van der Waals surface area contributed by atoms with Gasteiger partial charge in [-0.15, -0.1) is 11.8 Å². The molecular formula is C8H25N2O2PS2. The molecule has 0 fully saturated rings. The Morgan fingerprint density at radius 2 is 1.47 bits per heavy atom. The van der Waals surface area contributed by atoms with Crippen LogP contribution in [0.3, 0.4) is 0 Å². The third-order valence-corrected chi connectivity index (χ3v) is 4.98. The molecule has 0 bridgehead atoms. The molecular weight excluding hydrogens is 251 g/mol. The lowest BCUT2D eigenvalue weighted by Gasteiger charge is -2.33. The molecule has 0 unspecified atom stereocenters. The third-order valence-electron chi connectivity index (χ3n) is 1.75. The fourth-order valence-electron chi connectivity index (χ4n) is 1.06. The Balaban J connectivity index is -0.000000720. The molecule has 0 heterocycles. The number of hydrogen-bond acceptors (Lipinski definition) is 4. The largest absolute Gasteiger partial charge is 0.825 e. The molecule has 0 aromatic heterocycles. The van der Waals surface area contributed by atoms with Crippen LogP contribution in [-0.4, -0.2) is 5.75 Å². The van der Waals surface area contributed by atoms with Gasteiger partial charge in [-0.05, 0) is 12.2 Å². The minimum atomic E-state index is -3.48. The summed E-state index contributed by atoms with van der Waals surface area (Å²) in [6.07, 6.45) is 7.11. The average molecular weight is 276 g/mol.